The van der Waals surface area contributed by atoms with Crippen LogP contribution in [0, 0.1) is 5.82 Å². The number of imidazole rings is 1. The van der Waals surface area contributed by atoms with Crippen LogP contribution < -0.4 is 4.90 Å². The highest BCUT2D eigenvalue weighted by molar-refractivity contribution is 7.15. The summed E-state index contributed by atoms with van der Waals surface area (Å²) in [7, 11) is 0. The first-order chi connectivity index (χ1) is 11.7. The molecular formula is C17H17FN4OS. The first kappa shape index (κ1) is 15.1. The summed E-state index contributed by atoms with van der Waals surface area (Å²) in [6.45, 7) is 2.88. The lowest BCUT2D eigenvalue weighted by Crippen LogP contribution is -2.49. The number of amides is 1. The number of carbonyl (C=O) groups is 1. The Hall–Kier alpha value is -2.41. The Morgan fingerprint density at radius 1 is 1.17 bits per heavy atom. The maximum Gasteiger partial charge on any atom is 0.228 e. The smallest absolute Gasteiger partial charge is 0.228 e. The van der Waals surface area contributed by atoms with Crippen LogP contribution in [0.3, 0.4) is 0 Å². The third-order valence-electron chi connectivity index (χ3n) is 4.30. The van der Waals surface area contributed by atoms with E-state index in [-0.39, 0.29) is 11.7 Å². The fourth-order valence-electron chi connectivity index (χ4n) is 2.99. The molecule has 3 aromatic rings. The summed E-state index contributed by atoms with van der Waals surface area (Å²) in [5.41, 5.74) is 1.81. The zero-order valence-corrected chi connectivity index (χ0v) is 13.9. The van der Waals surface area contributed by atoms with Crippen molar-refractivity contribution in [2.75, 3.05) is 31.1 Å². The van der Waals surface area contributed by atoms with E-state index in [4.69, 9.17) is 0 Å². The fourth-order valence-corrected chi connectivity index (χ4v) is 3.71. The van der Waals surface area contributed by atoms with Gasteiger partial charge in [0.05, 0.1) is 12.1 Å². The third kappa shape index (κ3) is 2.99. The van der Waals surface area contributed by atoms with E-state index in [1.807, 2.05) is 27.1 Å². The van der Waals surface area contributed by atoms with Crippen molar-refractivity contribution in [3.8, 4) is 0 Å². The molecule has 24 heavy (non-hydrogen) atoms. The number of aromatic nitrogens is 2. The second kappa shape index (κ2) is 6.24. The summed E-state index contributed by atoms with van der Waals surface area (Å²) in [5.74, 6) is -0.118. The molecule has 0 unspecified atom stereocenters. The van der Waals surface area contributed by atoms with Gasteiger partial charge >= 0.3 is 0 Å². The maximum atomic E-state index is 13.0. The average Bonchev–Trinajstić information content (AvgIpc) is 3.17. The standard InChI is InChI=1S/C17H17FN4OS/c18-13-1-3-15(4-2-13)20-5-7-21(8-6-20)16(23)11-14-12-22-9-10-24-17(22)19-14/h1-4,9-10,12H,5-8,11H2. The molecule has 0 N–H and O–H groups in total. The highest BCUT2D eigenvalue weighted by atomic mass is 32.1. The van der Waals surface area contributed by atoms with E-state index in [9.17, 15) is 9.18 Å². The zero-order valence-electron chi connectivity index (χ0n) is 13.1. The normalized spacial score (nSPS) is 15.2. The maximum absolute atomic E-state index is 13.0. The lowest BCUT2D eigenvalue weighted by Gasteiger charge is -2.36. The second-order valence-electron chi connectivity index (χ2n) is 5.85. The van der Waals surface area contributed by atoms with Gasteiger partial charge in [0, 0.05) is 49.6 Å². The van der Waals surface area contributed by atoms with Crippen LogP contribution in [-0.2, 0) is 11.2 Å². The summed E-state index contributed by atoms with van der Waals surface area (Å²) < 4.78 is 14.9. The van der Waals surface area contributed by atoms with Crippen LogP contribution >= 0.6 is 11.3 Å². The van der Waals surface area contributed by atoms with E-state index in [0.29, 0.717) is 19.5 Å². The predicted molar refractivity (Wildman–Crippen MR) is 92.0 cm³/mol. The molecule has 4 rings (SSSR count). The van der Waals surface area contributed by atoms with Gasteiger partial charge < -0.3 is 9.80 Å². The molecule has 0 atom stereocenters. The number of thiazole rings is 1. The van der Waals surface area contributed by atoms with Gasteiger partial charge in [-0.05, 0) is 24.3 Å². The summed E-state index contributed by atoms with van der Waals surface area (Å²) in [6.07, 6.45) is 4.20. The van der Waals surface area contributed by atoms with Crippen LogP contribution in [0.5, 0.6) is 0 Å². The van der Waals surface area contributed by atoms with Gasteiger partial charge in [-0.25, -0.2) is 9.37 Å². The first-order valence-corrected chi connectivity index (χ1v) is 8.76. The second-order valence-corrected chi connectivity index (χ2v) is 6.72. The summed E-state index contributed by atoms with van der Waals surface area (Å²) >= 11 is 1.56. The fraction of sp³-hybridized carbons (Fsp3) is 0.294. The van der Waals surface area contributed by atoms with Crippen LogP contribution in [-0.4, -0.2) is 46.4 Å². The van der Waals surface area contributed by atoms with E-state index in [1.165, 1.54) is 12.1 Å². The largest absolute Gasteiger partial charge is 0.368 e. The van der Waals surface area contributed by atoms with Crippen molar-refractivity contribution in [1.82, 2.24) is 14.3 Å². The number of hydrogen-bond donors (Lipinski definition) is 0. The van der Waals surface area contributed by atoms with Crippen molar-refractivity contribution in [2.24, 2.45) is 0 Å². The molecule has 1 aliphatic heterocycles. The molecule has 124 valence electrons. The SMILES string of the molecule is O=C(Cc1cn2ccsc2n1)N1CCN(c2ccc(F)cc2)CC1. The Morgan fingerprint density at radius 2 is 1.92 bits per heavy atom. The van der Waals surface area contributed by atoms with Crippen molar-refractivity contribution in [1.29, 1.82) is 0 Å². The number of rotatable bonds is 3. The topological polar surface area (TPSA) is 40.9 Å². The first-order valence-electron chi connectivity index (χ1n) is 7.88. The number of fused-ring (bicyclic) bond motifs is 1. The van der Waals surface area contributed by atoms with Crippen molar-refractivity contribution < 1.29 is 9.18 Å². The van der Waals surface area contributed by atoms with Crippen molar-refractivity contribution in [3.63, 3.8) is 0 Å². The lowest BCUT2D eigenvalue weighted by atomic mass is 10.2. The lowest BCUT2D eigenvalue weighted by molar-refractivity contribution is -0.130. The van der Waals surface area contributed by atoms with E-state index in [0.717, 1.165) is 29.4 Å². The monoisotopic (exact) mass is 344 g/mol. The van der Waals surface area contributed by atoms with Crippen LogP contribution in [0.1, 0.15) is 5.69 Å². The molecule has 0 aliphatic carbocycles. The quantitative estimate of drug-likeness (QED) is 0.733. The Bertz CT molecular complexity index is 820. The molecule has 1 saturated heterocycles. The average molecular weight is 344 g/mol. The van der Waals surface area contributed by atoms with Gasteiger partial charge in [-0.1, -0.05) is 0 Å². The zero-order chi connectivity index (χ0) is 16.5. The molecule has 2 aromatic heterocycles. The van der Waals surface area contributed by atoms with Gasteiger partial charge in [-0.15, -0.1) is 11.3 Å². The molecule has 0 bridgehead atoms. The molecule has 1 amide bonds. The number of halogens is 1. The summed E-state index contributed by atoms with van der Waals surface area (Å²) in [4.78, 5) is 21.9. The number of piperazine rings is 1. The number of benzene rings is 1. The minimum absolute atomic E-state index is 0.111. The minimum Gasteiger partial charge on any atom is -0.368 e. The van der Waals surface area contributed by atoms with Crippen LogP contribution in [0.2, 0.25) is 0 Å². The van der Waals surface area contributed by atoms with Crippen molar-refractivity contribution in [3.05, 3.63) is 53.6 Å². The van der Waals surface area contributed by atoms with Gasteiger partial charge in [0.15, 0.2) is 4.96 Å². The Morgan fingerprint density at radius 3 is 2.62 bits per heavy atom. The van der Waals surface area contributed by atoms with E-state index >= 15 is 0 Å². The van der Waals surface area contributed by atoms with Crippen LogP contribution in [0.15, 0.2) is 42.0 Å². The molecule has 0 radical (unpaired) electrons. The molecule has 0 spiro atoms. The number of anilines is 1. The highest BCUT2D eigenvalue weighted by Crippen LogP contribution is 2.18. The Balaban J connectivity index is 1.35. The molecule has 5 nitrogen and oxygen atoms in total. The van der Waals surface area contributed by atoms with Crippen molar-refractivity contribution >= 4 is 27.9 Å². The van der Waals surface area contributed by atoms with Crippen LogP contribution in [0.25, 0.3) is 4.96 Å². The number of nitrogens with zero attached hydrogens (tertiary/aromatic N) is 4. The van der Waals surface area contributed by atoms with Gasteiger partial charge in [-0.3, -0.25) is 9.20 Å². The van der Waals surface area contributed by atoms with E-state index < -0.39 is 0 Å². The number of carbonyl (C=O) groups excluding carboxylic acids is 1. The molecule has 7 heteroatoms. The van der Waals surface area contributed by atoms with E-state index in [2.05, 4.69) is 9.88 Å². The van der Waals surface area contributed by atoms with E-state index in [1.54, 1.807) is 23.5 Å². The molecule has 3 heterocycles. The Kier molecular flexibility index (Phi) is 3.93. The highest BCUT2D eigenvalue weighted by Gasteiger charge is 2.22. The molecule has 0 saturated carbocycles. The van der Waals surface area contributed by atoms with Gasteiger partial charge in [0.1, 0.15) is 5.82 Å². The Labute approximate surface area is 142 Å². The van der Waals surface area contributed by atoms with Gasteiger partial charge in [0.25, 0.3) is 0 Å². The summed E-state index contributed by atoms with van der Waals surface area (Å²) in [5, 5.41) is 1.97. The molecule has 1 aliphatic rings. The summed E-state index contributed by atoms with van der Waals surface area (Å²) in [6, 6.07) is 6.50. The predicted octanol–water partition coefficient (Wildman–Crippen LogP) is 2.43. The van der Waals surface area contributed by atoms with Crippen LogP contribution in [0.4, 0.5) is 10.1 Å². The minimum atomic E-state index is -0.229. The third-order valence-corrected chi connectivity index (χ3v) is 5.07. The van der Waals surface area contributed by atoms with Crippen molar-refractivity contribution in [2.45, 2.75) is 6.42 Å². The molecular weight excluding hydrogens is 327 g/mol. The van der Waals surface area contributed by atoms with Gasteiger partial charge in [-0.2, -0.15) is 0 Å². The van der Waals surface area contributed by atoms with Gasteiger partial charge in [0.2, 0.25) is 5.91 Å². The molecule has 1 aromatic carbocycles. The number of hydrogen-bond acceptors (Lipinski definition) is 4. The molecule has 1 fully saturated rings.